The van der Waals surface area contributed by atoms with Gasteiger partial charge in [-0.3, -0.25) is 4.90 Å². The van der Waals surface area contributed by atoms with E-state index >= 15 is 0 Å². The van der Waals surface area contributed by atoms with Gasteiger partial charge in [-0.25, -0.2) is 14.4 Å². The zero-order valence-corrected chi connectivity index (χ0v) is 26.6. The number of rotatable bonds is 7. The van der Waals surface area contributed by atoms with Crippen LogP contribution in [-0.4, -0.2) is 164 Å². The summed E-state index contributed by atoms with van der Waals surface area (Å²) in [7, 11) is 0. The fourth-order valence-corrected chi connectivity index (χ4v) is 5.77. The normalized spacial score (nSPS) is 28.2. The van der Waals surface area contributed by atoms with E-state index in [-0.39, 0.29) is 37.6 Å². The van der Waals surface area contributed by atoms with Crippen LogP contribution in [0.15, 0.2) is 38.0 Å². The number of carbonyl (C=O) groups is 3. The van der Waals surface area contributed by atoms with Gasteiger partial charge in [0.05, 0.1) is 38.4 Å². The quantitative estimate of drug-likeness (QED) is 0.163. The standard InChI is InChI=1S/C14H24N3O2.C8H13NO3.C4H5ClO2.C4H9NO/c1-2-11-19-14(18)16-4-3-13(12-16)17-8-5-15(6-9-17)7-10-17;1-2-5-12-8(11)9-4-3-7(10)6-9;1-2-3-7-4(5)6;6-4-1-2-5-3-4/h2,13H,1,3-12H2;2,7,10H,1,3-6H2;2H,1,3H2;4-6H,1-3H2/q+1;;;. The van der Waals surface area contributed by atoms with E-state index < -0.39 is 5.43 Å². The van der Waals surface area contributed by atoms with Crippen molar-refractivity contribution >= 4 is 29.2 Å². The molecule has 3 atom stereocenters. The van der Waals surface area contributed by atoms with Crippen LogP contribution in [0.3, 0.4) is 0 Å². The average Bonchev–Trinajstić information content (AvgIpc) is 3.82. The molecule has 44 heavy (non-hydrogen) atoms. The molecular formula is C30H51ClN5O8+. The van der Waals surface area contributed by atoms with Crippen molar-refractivity contribution in [2.75, 3.05) is 98.4 Å². The lowest BCUT2D eigenvalue weighted by Gasteiger charge is -2.53. The fourth-order valence-electron chi connectivity index (χ4n) is 5.71. The summed E-state index contributed by atoms with van der Waals surface area (Å²) in [5.74, 6) is 0. The van der Waals surface area contributed by atoms with Crippen LogP contribution in [0.1, 0.15) is 19.3 Å². The zero-order valence-electron chi connectivity index (χ0n) is 25.8. The van der Waals surface area contributed by atoms with Gasteiger partial charge in [-0.15, -0.1) is 0 Å². The third kappa shape index (κ3) is 13.1. The van der Waals surface area contributed by atoms with E-state index in [4.69, 9.17) is 31.3 Å². The smallest absolute Gasteiger partial charge is 0.410 e. The maximum Gasteiger partial charge on any atom is 0.410 e. The highest BCUT2D eigenvalue weighted by atomic mass is 35.5. The van der Waals surface area contributed by atoms with Gasteiger partial charge < -0.3 is 44.0 Å². The molecule has 6 fully saturated rings. The number of aliphatic hydroxyl groups is 2. The molecule has 0 radical (unpaired) electrons. The summed E-state index contributed by atoms with van der Waals surface area (Å²) in [4.78, 5) is 38.6. The number of piperazine rings is 3. The van der Waals surface area contributed by atoms with Gasteiger partial charge in [0, 0.05) is 63.8 Å². The number of aliphatic hydroxyl groups excluding tert-OH is 2. The van der Waals surface area contributed by atoms with Gasteiger partial charge in [0.25, 0.3) is 0 Å². The molecule has 14 heteroatoms. The summed E-state index contributed by atoms with van der Waals surface area (Å²) in [5.41, 5.74) is -0.792. The molecule has 6 rings (SSSR count). The van der Waals surface area contributed by atoms with E-state index in [1.54, 1.807) is 6.08 Å². The Balaban J connectivity index is 0.000000230. The molecule has 0 aromatic heterocycles. The predicted octanol–water partition coefficient (Wildman–Crippen LogP) is 1.79. The summed E-state index contributed by atoms with van der Waals surface area (Å²) in [6.45, 7) is 23.0. The molecule has 0 spiro atoms. The maximum atomic E-state index is 11.9. The van der Waals surface area contributed by atoms with Crippen molar-refractivity contribution in [3.05, 3.63) is 38.0 Å². The lowest BCUT2D eigenvalue weighted by Crippen LogP contribution is -2.71. The highest BCUT2D eigenvalue weighted by Crippen LogP contribution is 2.29. The number of amides is 2. The van der Waals surface area contributed by atoms with Crippen molar-refractivity contribution in [2.45, 2.75) is 37.5 Å². The molecule has 250 valence electrons. The molecular weight excluding hydrogens is 594 g/mol. The molecule has 0 aliphatic carbocycles. The van der Waals surface area contributed by atoms with Crippen LogP contribution in [-0.2, 0) is 14.2 Å². The number of carbonyl (C=O) groups excluding carboxylic acids is 3. The molecule has 0 aromatic carbocycles. The maximum absolute atomic E-state index is 11.9. The number of ether oxygens (including phenoxy) is 3. The molecule has 2 amide bonds. The SMILES string of the molecule is C=CCOC(=O)Cl.C=CCOC(=O)N1CCC(O)C1.C=CCOC(=O)N1CCC([N+]23CCN(CC2)CC3)C1.OC1CCNC1. The first kappa shape index (κ1) is 37.5. The number of halogens is 1. The van der Waals surface area contributed by atoms with E-state index in [1.165, 1.54) is 60.8 Å². The Morgan fingerprint density at radius 1 is 0.773 bits per heavy atom. The Bertz CT molecular complexity index is 913. The average molecular weight is 645 g/mol. The zero-order chi connectivity index (χ0) is 32.4. The van der Waals surface area contributed by atoms with Gasteiger partial charge in [0.15, 0.2) is 0 Å². The fraction of sp³-hybridized carbons (Fsp3) is 0.700. The Hall–Kier alpha value is -2.68. The topological polar surface area (TPSA) is 141 Å². The minimum Gasteiger partial charge on any atom is -0.449 e. The molecule has 6 heterocycles. The van der Waals surface area contributed by atoms with Crippen molar-refractivity contribution in [2.24, 2.45) is 0 Å². The second-order valence-corrected chi connectivity index (χ2v) is 11.5. The number of nitrogens with one attached hydrogen (secondary N) is 1. The van der Waals surface area contributed by atoms with Gasteiger partial charge in [-0.1, -0.05) is 38.0 Å². The molecule has 6 aliphatic heterocycles. The third-order valence-electron chi connectivity index (χ3n) is 8.20. The molecule has 2 bridgehead atoms. The number of nitrogens with zero attached hydrogens (tertiary/aromatic N) is 4. The van der Waals surface area contributed by atoms with E-state index in [9.17, 15) is 14.4 Å². The largest absolute Gasteiger partial charge is 0.449 e. The van der Waals surface area contributed by atoms with Gasteiger partial charge in [0.2, 0.25) is 0 Å². The van der Waals surface area contributed by atoms with Crippen LogP contribution in [0.5, 0.6) is 0 Å². The number of fused-ring (bicyclic) bond motifs is 3. The predicted molar refractivity (Wildman–Crippen MR) is 167 cm³/mol. The third-order valence-corrected chi connectivity index (χ3v) is 8.31. The lowest BCUT2D eigenvalue weighted by atomic mass is 10.0. The molecule has 0 aromatic rings. The van der Waals surface area contributed by atoms with Crippen molar-refractivity contribution in [3.63, 3.8) is 0 Å². The number of hydrogen-bond acceptors (Lipinski definition) is 10. The van der Waals surface area contributed by atoms with Crippen LogP contribution >= 0.6 is 11.6 Å². The van der Waals surface area contributed by atoms with Gasteiger partial charge in [0.1, 0.15) is 25.9 Å². The van der Waals surface area contributed by atoms with Crippen LogP contribution in [0, 0.1) is 0 Å². The van der Waals surface area contributed by atoms with Gasteiger partial charge in [-0.2, -0.15) is 0 Å². The van der Waals surface area contributed by atoms with E-state index in [2.05, 4.69) is 34.7 Å². The monoisotopic (exact) mass is 644 g/mol. The van der Waals surface area contributed by atoms with Crippen LogP contribution in [0.4, 0.5) is 14.4 Å². The second-order valence-electron chi connectivity index (χ2n) is 11.2. The minimum absolute atomic E-state index is 0.0648. The lowest BCUT2D eigenvalue weighted by molar-refractivity contribution is -0.961. The van der Waals surface area contributed by atoms with Crippen LogP contribution < -0.4 is 5.32 Å². The second kappa shape index (κ2) is 20.4. The Labute approximate surface area is 266 Å². The van der Waals surface area contributed by atoms with Crippen molar-refractivity contribution in [1.29, 1.82) is 0 Å². The number of hydrogen-bond donors (Lipinski definition) is 3. The molecule has 6 aliphatic rings. The van der Waals surface area contributed by atoms with Crippen LogP contribution in [0.2, 0.25) is 0 Å². The Kier molecular flexibility index (Phi) is 17.4. The minimum atomic E-state index is -0.792. The first-order valence-electron chi connectivity index (χ1n) is 15.3. The summed E-state index contributed by atoms with van der Waals surface area (Å²) in [6.07, 6.45) is 6.29. The van der Waals surface area contributed by atoms with E-state index in [1.807, 2.05) is 4.90 Å². The number of likely N-dealkylation sites (tertiary alicyclic amines) is 2. The Morgan fingerprint density at radius 2 is 1.30 bits per heavy atom. The van der Waals surface area contributed by atoms with Crippen molar-refractivity contribution < 1.29 is 43.3 Å². The molecule has 6 saturated heterocycles. The number of quaternary nitrogens is 1. The molecule has 13 nitrogen and oxygen atoms in total. The summed E-state index contributed by atoms with van der Waals surface area (Å²) in [6, 6.07) is 0.624. The van der Waals surface area contributed by atoms with Crippen molar-refractivity contribution in [3.8, 4) is 0 Å². The summed E-state index contributed by atoms with van der Waals surface area (Å²) in [5, 5.41) is 20.8. The number of β-amino-alcohol motifs (C(OH)–C–C–N with tert-alkyl or cyclic N) is 2. The van der Waals surface area contributed by atoms with Crippen LogP contribution in [0.25, 0.3) is 0 Å². The molecule has 0 saturated carbocycles. The summed E-state index contributed by atoms with van der Waals surface area (Å²) >= 11 is 4.75. The van der Waals surface area contributed by atoms with Gasteiger partial charge in [-0.05, 0) is 19.4 Å². The van der Waals surface area contributed by atoms with Crippen molar-refractivity contribution in [1.82, 2.24) is 20.0 Å². The molecule has 3 N–H and O–H groups in total. The van der Waals surface area contributed by atoms with E-state index in [0.29, 0.717) is 32.2 Å². The van der Waals surface area contributed by atoms with Gasteiger partial charge >= 0.3 is 17.6 Å². The highest BCUT2D eigenvalue weighted by molar-refractivity contribution is 6.61. The summed E-state index contributed by atoms with van der Waals surface area (Å²) < 4.78 is 15.4. The van der Waals surface area contributed by atoms with E-state index in [0.717, 1.165) is 39.0 Å². The first-order chi connectivity index (χ1) is 21.1. The first-order valence-corrected chi connectivity index (χ1v) is 15.6. The Morgan fingerprint density at radius 3 is 1.68 bits per heavy atom. The molecule has 3 unspecified atom stereocenters. The highest BCUT2D eigenvalue weighted by Gasteiger charge is 2.47.